The van der Waals surface area contributed by atoms with Gasteiger partial charge in [-0.2, -0.15) is 18.3 Å². The summed E-state index contributed by atoms with van der Waals surface area (Å²) in [6.07, 6.45) is -3.15. The van der Waals surface area contributed by atoms with Crippen LogP contribution in [0.5, 0.6) is 0 Å². The number of anilines is 1. The normalized spacial score (nSPS) is 11.7. The van der Waals surface area contributed by atoms with Gasteiger partial charge in [-0.3, -0.25) is 5.10 Å². The molecule has 0 aliphatic heterocycles. The Morgan fingerprint density at radius 2 is 2.19 bits per heavy atom. The second-order valence-electron chi connectivity index (χ2n) is 2.70. The van der Waals surface area contributed by atoms with Crippen molar-refractivity contribution in [3.8, 4) is 0 Å². The Bertz CT molecular complexity index is 449. The van der Waals surface area contributed by atoms with Crippen molar-refractivity contribution >= 4 is 16.5 Å². The van der Waals surface area contributed by atoms with Crippen molar-refractivity contribution in [3.05, 3.63) is 17.2 Å². The van der Waals surface area contributed by atoms with Gasteiger partial charge in [0.2, 0.25) is 10.1 Å². The van der Waals surface area contributed by atoms with Crippen LogP contribution in [0.3, 0.4) is 0 Å². The zero-order valence-corrected chi connectivity index (χ0v) is 8.43. The third-order valence-corrected chi connectivity index (χ3v) is 2.47. The molecule has 6 nitrogen and oxygen atoms in total. The van der Waals surface area contributed by atoms with E-state index in [1.54, 1.807) is 0 Å². The van der Waals surface area contributed by atoms with Gasteiger partial charge in [0.15, 0.2) is 0 Å². The van der Waals surface area contributed by atoms with Crippen molar-refractivity contribution in [2.75, 3.05) is 5.32 Å². The summed E-state index contributed by atoms with van der Waals surface area (Å²) in [6, 6.07) is 0. The number of H-pyrrole nitrogens is 1. The van der Waals surface area contributed by atoms with Crippen molar-refractivity contribution < 1.29 is 13.2 Å². The maximum atomic E-state index is 12.2. The van der Waals surface area contributed by atoms with Crippen LogP contribution in [-0.2, 0) is 12.7 Å². The fraction of sp³-hybridized carbons (Fsp3) is 0.333. The predicted octanol–water partition coefficient (Wildman–Crippen LogP) is 1.29. The van der Waals surface area contributed by atoms with Crippen LogP contribution in [-0.4, -0.2) is 25.4 Å². The number of hydrogen-bond acceptors (Lipinski definition) is 6. The molecule has 86 valence electrons. The molecule has 0 aliphatic carbocycles. The lowest BCUT2D eigenvalue weighted by atomic mass is 10.6. The van der Waals surface area contributed by atoms with Gasteiger partial charge >= 0.3 is 6.18 Å². The number of aromatic nitrogens is 5. The van der Waals surface area contributed by atoms with Gasteiger partial charge in [-0.15, -0.1) is 10.2 Å². The van der Waals surface area contributed by atoms with E-state index in [2.05, 4.69) is 30.7 Å². The smallest absolute Gasteiger partial charge is 0.353 e. The molecular formula is C6H5F3N6S. The van der Waals surface area contributed by atoms with Crippen molar-refractivity contribution in [1.29, 1.82) is 0 Å². The summed E-state index contributed by atoms with van der Waals surface area (Å²) < 4.78 is 36.5. The molecule has 2 heterocycles. The Balaban J connectivity index is 1.98. The van der Waals surface area contributed by atoms with Gasteiger partial charge in [-0.1, -0.05) is 11.3 Å². The second-order valence-corrected chi connectivity index (χ2v) is 3.67. The molecule has 0 saturated carbocycles. The van der Waals surface area contributed by atoms with E-state index in [1.165, 1.54) is 6.33 Å². The van der Waals surface area contributed by atoms with Gasteiger partial charge < -0.3 is 5.32 Å². The fourth-order valence-corrected chi connectivity index (χ4v) is 1.49. The topological polar surface area (TPSA) is 79.4 Å². The van der Waals surface area contributed by atoms with Gasteiger partial charge in [0.1, 0.15) is 12.2 Å². The van der Waals surface area contributed by atoms with Gasteiger partial charge in [-0.05, 0) is 0 Å². The minimum absolute atomic E-state index is 0.0868. The Morgan fingerprint density at radius 3 is 2.75 bits per heavy atom. The van der Waals surface area contributed by atoms with Crippen LogP contribution in [0.25, 0.3) is 0 Å². The zero-order valence-electron chi connectivity index (χ0n) is 7.62. The Morgan fingerprint density at radius 1 is 1.38 bits per heavy atom. The van der Waals surface area contributed by atoms with Gasteiger partial charge in [0, 0.05) is 0 Å². The molecule has 0 bridgehead atoms. The highest BCUT2D eigenvalue weighted by Crippen LogP contribution is 2.32. The maximum absolute atomic E-state index is 12.2. The van der Waals surface area contributed by atoms with Crippen molar-refractivity contribution in [2.24, 2.45) is 0 Å². The largest absolute Gasteiger partial charge is 0.445 e. The van der Waals surface area contributed by atoms with E-state index in [1.807, 2.05) is 0 Å². The van der Waals surface area contributed by atoms with Crippen LogP contribution in [0.15, 0.2) is 6.33 Å². The SMILES string of the molecule is FC(F)(F)c1nnc(NCc2ncn[nH]2)s1. The molecule has 0 amide bonds. The molecule has 2 rings (SSSR count). The highest BCUT2D eigenvalue weighted by atomic mass is 32.1. The summed E-state index contributed by atoms with van der Waals surface area (Å²) in [6.45, 7) is 0.215. The first-order chi connectivity index (χ1) is 7.55. The van der Waals surface area contributed by atoms with Crippen LogP contribution in [0, 0.1) is 0 Å². The Kier molecular flexibility index (Phi) is 2.73. The van der Waals surface area contributed by atoms with E-state index in [0.29, 0.717) is 17.2 Å². The molecule has 0 atom stereocenters. The minimum atomic E-state index is -4.45. The third kappa shape index (κ3) is 2.45. The first-order valence-electron chi connectivity index (χ1n) is 4.04. The molecule has 0 aliphatic rings. The lowest BCUT2D eigenvalue weighted by molar-refractivity contribution is -0.138. The molecule has 0 radical (unpaired) electrons. The maximum Gasteiger partial charge on any atom is 0.445 e. The molecular weight excluding hydrogens is 245 g/mol. The highest BCUT2D eigenvalue weighted by molar-refractivity contribution is 7.15. The summed E-state index contributed by atoms with van der Waals surface area (Å²) in [5.74, 6) is 0.503. The molecule has 2 N–H and O–H groups in total. The monoisotopic (exact) mass is 250 g/mol. The van der Waals surface area contributed by atoms with Crippen molar-refractivity contribution in [1.82, 2.24) is 25.4 Å². The van der Waals surface area contributed by atoms with E-state index in [9.17, 15) is 13.2 Å². The zero-order chi connectivity index (χ0) is 11.6. The highest BCUT2D eigenvalue weighted by Gasteiger charge is 2.35. The number of nitrogens with zero attached hydrogens (tertiary/aromatic N) is 4. The van der Waals surface area contributed by atoms with Crippen LogP contribution in [0.4, 0.5) is 18.3 Å². The number of hydrogen-bond donors (Lipinski definition) is 2. The number of halogens is 3. The van der Waals surface area contributed by atoms with Crippen LogP contribution in [0.1, 0.15) is 10.8 Å². The molecule has 10 heteroatoms. The lowest BCUT2D eigenvalue weighted by Gasteiger charge is -1.98. The summed E-state index contributed by atoms with van der Waals surface area (Å²) in [4.78, 5) is 3.79. The first kappa shape index (κ1) is 10.8. The summed E-state index contributed by atoms with van der Waals surface area (Å²) in [5.41, 5.74) is 0. The first-order valence-corrected chi connectivity index (χ1v) is 4.86. The lowest BCUT2D eigenvalue weighted by Crippen LogP contribution is -2.03. The molecule has 0 unspecified atom stereocenters. The minimum Gasteiger partial charge on any atom is -0.353 e. The average Bonchev–Trinajstić information content (AvgIpc) is 2.85. The van der Waals surface area contributed by atoms with Crippen LogP contribution < -0.4 is 5.32 Å². The molecule has 0 spiro atoms. The van der Waals surface area contributed by atoms with E-state index in [4.69, 9.17) is 0 Å². The van der Waals surface area contributed by atoms with E-state index in [-0.39, 0.29) is 11.7 Å². The molecule has 2 aromatic heterocycles. The van der Waals surface area contributed by atoms with Gasteiger partial charge in [-0.25, -0.2) is 4.98 Å². The summed E-state index contributed by atoms with van der Waals surface area (Å²) >= 11 is 0.441. The van der Waals surface area contributed by atoms with Gasteiger partial charge in [0.25, 0.3) is 0 Å². The Hall–Kier alpha value is -1.71. The number of aromatic amines is 1. The third-order valence-electron chi connectivity index (χ3n) is 1.54. The average molecular weight is 250 g/mol. The molecule has 0 saturated heterocycles. The summed E-state index contributed by atoms with van der Waals surface area (Å²) in [5, 5.41) is 14.3. The summed E-state index contributed by atoms with van der Waals surface area (Å²) in [7, 11) is 0. The van der Waals surface area contributed by atoms with Crippen LogP contribution >= 0.6 is 11.3 Å². The van der Waals surface area contributed by atoms with E-state index < -0.39 is 11.2 Å². The van der Waals surface area contributed by atoms with E-state index >= 15 is 0 Å². The molecule has 0 aromatic carbocycles. The molecule has 0 fully saturated rings. The molecule has 16 heavy (non-hydrogen) atoms. The van der Waals surface area contributed by atoms with Gasteiger partial charge in [0.05, 0.1) is 6.54 Å². The van der Waals surface area contributed by atoms with Crippen molar-refractivity contribution in [3.63, 3.8) is 0 Å². The predicted molar refractivity (Wildman–Crippen MR) is 48.6 cm³/mol. The fourth-order valence-electron chi connectivity index (χ4n) is 0.885. The quantitative estimate of drug-likeness (QED) is 0.858. The number of rotatable bonds is 3. The van der Waals surface area contributed by atoms with Crippen LogP contribution in [0.2, 0.25) is 0 Å². The number of alkyl halides is 3. The number of nitrogens with one attached hydrogen (secondary N) is 2. The van der Waals surface area contributed by atoms with Crippen molar-refractivity contribution in [2.45, 2.75) is 12.7 Å². The molecule has 2 aromatic rings. The van der Waals surface area contributed by atoms with E-state index in [0.717, 1.165) is 0 Å². The second kappa shape index (κ2) is 4.04. The Labute approximate surface area is 90.9 Å². The standard InChI is InChI=1S/C6H5F3N6S/c7-6(8,9)4-14-15-5(16-4)10-1-3-11-2-12-13-3/h2H,1H2,(H,10,15)(H,11,12,13).